The molecular formula is C11H13N3O2. The van der Waals surface area contributed by atoms with Crippen molar-refractivity contribution in [3.05, 3.63) is 29.8 Å². The van der Waals surface area contributed by atoms with E-state index in [0.29, 0.717) is 12.2 Å². The third kappa shape index (κ3) is 3.59. The molecule has 0 aliphatic rings. The van der Waals surface area contributed by atoms with Crippen LogP contribution in [0.1, 0.15) is 5.56 Å². The van der Waals surface area contributed by atoms with E-state index in [-0.39, 0.29) is 6.61 Å². The van der Waals surface area contributed by atoms with Gasteiger partial charge in [0.1, 0.15) is 18.4 Å². The van der Waals surface area contributed by atoms with Gasteiger partial charge in [0.25, 0.3) is 0 Å². The predicted molar refractivity (Wildman–Crippen MR) is 58.4 cm³/mol. The van der Waals surface area contributed by atoms with Crippen LogP contribution in [0.5, 0.6) is 5.75 Å². The molecule has 1 aromatic carbocycles. The summed E-state index contributed by atoms with van der Waals surface area (Å²) < 4.78 is 5.25. The summed E-state index contributed by atoms with van der Waals surface area (Å²) in [6, 6.07) is 8.26. The third-order valence-electron chi connectivity index (χ3n) is 2.00. The Morgan fingerprint density at radius 1 is 1.44 bits per heavy atom. The van der Waals surface area contributed by atoms with Crippen molar-refractivity contribution in [3.8, 4) is 11.8 Å². The summed E-state index contributed by atoms with van der Waals surface area (Å²) in [5.74, 6) is -0.000472. The molecule has 84 valence electrons. The second-order valence-corrected chi connectivity index (χ2v) is 3.30. The minimum Gasteiger partial charge on any atom is -0.491 e. The number of carbonyl (C=O) groups is 1. The van der Waals surface area contributed by atoms with E-state index in [0.717, 1.165) is 5.56 Å². The van der Waals surface area contributed by atoms with Crippen molar-refractivity contribution in [2.75, 3.05) is 6.61 Å². The van der Waals surface area contributed by atoms with Gasteiger partial charge in [-0.05, 0) is 17.7 Å². The average molecular weight is 219 g/mol. The van der Waals surface area contributed by atoms with Crippen LogP contribution in [0.25, 0.3) is 0 Å². The Bertz CT molecular complexity index is 395. The monoisotopic (exact) mass is 219 g/mol. The van der Waals surface area contributed by atoms with Gasteiger partial charge in [-0.1, -0.05) is 12.1 Å². The van der Waals surface area contributed by atoms with Gasteiger partial charge in [0.05, 0.1) is 12.5 Å². The standard InChI is InChI=1S/C11H13N3O2/c12-6-5-8-1-3-9(4-2-8)16-7-10(13)11(14)15/h1-4,10H,5,7,13H2,(H2,14,15). The van der Waals surface area contributed by atoms with E-state index in [1.165, 1.54) is 0 Å². The highest BCUT2D eigenvalue weighted by molar-refractivity contribution is 5.79. The fourth-order valence-corrected chi connectivity index (χ4v) is 1.06. The van der Waals surface area contributed by atoms with Crippen LogP contribution >= 0.6 is 0 Å². The van der Waals surface area contributed by atoms with Gasteiger partial charge < -0.3 is 16.2 Å². The zero-order valence-electron chi connectivity index (χ0n) is 8.72. The third-order valence-corrected chi connectivity index (χ3v) is 2.00. The highest BCUT2D eigenvalue weighted by Crippen LogP contribution is 2.12. The lowest BCUT2D eigenvalue weighted by molar-refractivity contribution is -0.119. The van der Waals surface area contributed by atoms with Crippen molar-refractivity contribution in [1.82, 2.24) is 0 Å². The van der Waals surface area contributed by atoms with E-state index in [1.807, 2.05) is 6.07 Å². The lowest BCUT2D eigenvalue weighted by Gasteiger charge is -2.09. The summed E-state index contributed by atoms with van der Waals surface area (Å²) >= 11 is 0. The first-order chi connectivity index (χ1) is 7.63. The average Bonchev–Trinajstić information content (AvgIpc) is 2.28. The van der Waals surface area contributed by atoms with Crippen LogP contribution in [-0.4, -0.2) is 18.6 Å². The van der Waals surface area contributed by atoms with Gasteiger partial charge in [-0.2, -0.15) is 5.26 Å². The number of primary amides is 1. The van der Waals surface area contributed by atoms with Gasteiger partial charge in [0.2, 0.25) is 5.91 Å². The Morgan fingerprint density at radius 2 is 2.06 bits per heavy atom. The molecular weight excluding hydrogens is 206 g/mol. The van der Waals surface area contributed by atoms with Gasteiger partial charge in [0, 0.05) is 0 Å². The highest BCUT2D eigenvalue weighted by Gasteiger charge is 2.09. The molecule has 1 aromatic rings. The molecule has 1 unspecified atom stereocenters. The largest absolute Gasteiger partial charge is 0.491 e. The maximum absolute atomic E-state index is 10.6. The molecule has 1 atom stereocenters. The van der Waals surface area contributed by atoms with Crippen LogP contribution in [0.4, 0.5) is 0 Å². The van der Waals surface area contributed by atoms with Crippen molar-refractivity contribution >= 4 is 5.91 Å². The van der Waals surface area contributed by atoms with Crippen molar-refractivity contribution in [2.45, 2.75) is 12.5 Å². The number of nitrogens with two attached hydrogens (primary N) is 2. The summed E-state index contributed by atoms with van der Waals surface area (Å²) in [6.45, 7) is 0.0485. The number of ether oxygens (including phenoxy) is 1. The molecule has 16 heavy (non-hydrogen) atoms. The second kappa shape index (κ2) is 5.73. The fraction of sp³-hybridized carbons (Fsp3) is 0.273. The van der Waals surface area contributed by atoms with Gasteiger partial charge >= 0.3 is 0 Å². The van der Waals surface area contributed by atoms with Gasteiger partial charge in [-0.15, -0.1) is 0 Å². The Labute approximate surface area is 93.6 Å². The molecule has 0 saturated carbocycles. The second-order valence-electron chi connectivity index (χ2n) is 3.30. The van der Waals surface area contributed by atoms with Crippen LogP contribution < -0.4 is 16.2 Å². The predicted octanol–water partition coefficient (Wildman–Crippen LogP) is -0.0559. The van der Waals surface area contributed by atoms with E-state index in [2.05, 4.69) is 0 Å². The van der Waals surface area contributed by atoms with Crippen LogP contribution in [0, 0.1) is 11.3 Å². The Kier molecular flexibility index (Phi) is 4.30. The first-order valence-corrected chi connectivity index (χ1v) is 4.77. The Hall–Kier alpha value is -2.06. The summed E-state index contributed by atoms with van der Waals surface area (Å²) in [4.78, 5) is 10.6. The summed E-state index contributed by atoms with van der Waals surface area (Å²) in [6.07, 6.45) is 0.362. The zero-order chi connectivity index (χ0) is 12.0. The molecule has 0 aromatic heterocycles. The molecule has 5 nitrogen and oxygen atoms in total. The van der Waals surface area contributed by atoms with Crippen LogP contribution in [0.15, 0.2) is 24.3 Å². The molecule has 0 fully saturated rings. The first kappa shape index (κ1) is 12.0. The number of amides is 1. The topological polar surface area (TPSA) is 102 Å². The van der Waals surface area contributed by atoms with Gasteiger partial charge in [-0.3, -0.25) is 4.79 Å². The lowest BCUT2D eigenvalue weighted by Crippen LogP contribution is -2.41. The van der Waals surface area contributed by atoms with Gasteiger partial charge in [0.15, 0.2) is 0 Å². The number of nitrogens with zero attached hydrogens (tertiary/aromatic N) is 1. The number of rotatable bonds is 5. The number of hydrogen-bond donors (Lipinski definition) is 2. The first-order valence-electron chi connectivity index (χ1n) is 4.77. The number of carbonyl (C=O) groups excluding carboxylic acids is 1. The molecule has 0 bridgehead atoms. The SMILES string of the molecule is N#CCc1ccc(OCC(N)C(N)=O)cc1. The number of benzene rings is 1. The van der Waals surface area contributed by atoms with Crippen molar-refractivity contribution < 1.29 is 9.53 Å². The Balaban J connectivity index is 2.50. The Morgan fingerprint density at radius 3 is 2.56 bits per heavy atom. The van der Waals surface area contributed by atoms with E-state index in [1.54, 1.807) is 24.3 Å². The molecule has 0 heterocycles. The van der Waals surface area contributed by atoms with E-state index in [4.69, 9.17) is 21.5 Å². The van der Waals surface area contributed by atoms with Crippen molar-refractivity contribution in [1.29, 1.82) is 5.26 Å². The summed E-state index contributed by atoms with van der Waals surface area (Å²) in [5.41, 5.74) is 11.3. The van der Waals surface area contributed by atoms with Crippen LogP contribution in [0.2, 0.25) is 0 Å². The molecule has 0 aliphatic heterocycles. The quantitative estimate of drug-likeness (QED) is 0.724. The van der Waals surface area contributed by atoms with Crippen molar-refractivity contribution in [3.63, 3.8) is 0 Å². The highest BCUT2D eigenvalue weighted by atomic mass is 16.5. The minimum atomic E-state index is -0.807. The maximum Gasteiger partial charge on any atom is 0.237 e. The molecule has 4 N–H and O–H groups in total. The molecule has 5 heteroatoms. The minimum absolute atomic E-state index is 0.0485. The lowest BCUT2D eigenvalue weighted by atomic mass is 10.2. The van der Waals surface area contributed by atoms with E-state index >= 15 is 0 Å². The normalized spacial score (nSPS) is 11.5. The van der Waals surface area contributed by atoms with Crippen molar-refractivity contribution in [2.24, 2.45) is 11.5 Å². The molecule has 1 amide bonds. The number of hydrogen-bond acceptors (Lipinski definition) is 4. The number of nitriles is 1. The van der Waals surface area contributed by atoms with Crippen LogP contribution in [0.3, 0.4) is 0 Å². The van der Waals surface area contributed by atoms with E-state index < -0.39 is 11.9 Å². The van der Waals surface area contributed by atoms with Crippen LogP contribution in [-0.2, 0) is 11.2 Å². The summed E-state index contributed by atoms with van der Waals surface area (Å²) in [5, 5.41) is 8.48. The molecule has 1 rings (SSSR count). The molecule has 0 aliphatic carbocycles. The molecule has 0 saturated heterocycles. The molecule has 0 spiro atoms. The molecule has 0 radical (unpaired) electrons. The zero-order valence-corrected chi connectivity index (χ0v) is 8.72. The smallest absolute Gasteiger partial charge is 0.237 e. The van der Waals surface area contributed by atoms with Gasteiger partial charge in [-0.25, -0.2) is 0 Å². The maximum atomic E-state index is 10.6. The van der Waals surface area contributed by atoms with E-state index in [9.17, 15) is 4.79 Å². The summed E-state index contributed by atoms with van der Waals surface area (Å²) in [7, 11) is 0. The fourth-order valence-electron chi connectivity index (χ4n) is 1.06.